The predicted molar refractivity (Wildman–Crippen MR) is 123 cm³/mol. The molecule has 1 fully saturated rings. The van der Waals surface area contributed by atoms with Gasteiger partial charge in [0.15, 0.2) is 0 Å². The number of thiophene rings is 1. The van der Waals surface area contributed by atoms with Gasteiger partial charge in [-0.3, -0.25) is 9.59 Å². The number of hydrogen-bond acceptors (Lipinski definition) is 5. The SMILES string of the molecule is COC(=O)c1c(-c2ccc3ccccc3c2)csc1NC(=O)[C@H]1[C@@H](C(=O)O)[C@H]2C=C[C@H]1C2. The molecule has 162 valence electrons. The van der Waals surface area contributed by atoms with Gasteiger partial charge in [0.2, 0.25) is 5.91 Å². The number of carboxylic acids is 1. The summed E-state index contributed by atoms with van der Waals surface area (Å²) < 4.78 is 5.01. The number of nitrogens with one attached hydrogen (secondary N) is 1. The van der Waals surface area contributed by atoms with Crippen molar-refractivity contribution in [3.05, 3.63) is 65.6 Å². The van der Waals surface area contributed by atoms with Gasteiger partial charge in [0, 0.05) is 10.9 Å². The number of rotatable bonds is 5. The average Bonchev–Trinajstić information content (AvgIpc) is 3.52. The van der Waals surface area contributed by atoms with Crippen LogP contribution in [0.25, 0.3) is 21.9 Å². The highest BCUT2D eigenvalue weighted by Gasteiger charge is 2.51. The summed E-state index contributed by atoms with van der Waals surface area (Å²) >= 11 is 1.24. The van der Waals surface area contributed by atoms with Crippen LogP contribution < -0.4 is 5.32 Å². The quantitative estimate of drug-likeness (QED) is 0.432. The maximum absolute atomic E-state index is 13.1. The molecule has 32 heavy (non-hydrogen) atoms. The van der Waals surface area contributed by atoms with Crippen molar-refractivity contribution in [2.75, 3.05) is 12.4 Å². The van der Waals surface area contributed by atoms with E-state index in [-0.39, 0.29) is 23.3 Å². The zero-order valence-corrected chi connectivity index (χ0v) is 18.1. The van der Waals surface area contributed by atoms with E-state index in [0.717, 1.165) is 16.3 Å². The Hall–Kier alpha value is -3.45. The Balaban J connectivity index is 1.50. The fraction of sp³-hybridized carbons (Fsp3) is 0.240. The molecule has 7 heteroatoms. The highest BCUT2D eigenvalue weighted by molar-refractivity contribution is 7.15. The first kappa shape index (κ1) is 20.5. The van der Waals surface area contributed by atoms with Crippen LogP contribution in [0.5, 0.6) is 0 Å². The smallest absolute Gasteiger partial charge is 0.341 e. The molecule has 4 atom stereocenters. The minimum Gasteiger partial charge on any atom is -0.481 e. The van der Waals surface area contributed by atoms with Gasteiger partial charge < -0.3 is 15.2 Å². The summed E-state index contributed by atoms with van der Waals surface area (Å²) in [5.74, 6) is -3.49. The van der Waals surface area contributed by atoms with Gasteiger partial charge in [0.25, 0.3) is 0 Å². The van der Waals surface area contributed by atoms with Crippen molar-refractivity contribution in [1.29, 1.82) is 0 Å². The number of carbonyl (C=O) groups is 3. The number of ether oxygens (including phenoxy) is 1. The molecular formula is C25H21NO5S. The summed E-state index contributed by atoms with van der Waals surface area (Å²) in [4.78, 5) is 37.6. The number of carboxylic acid groups (broad SMARTS) is 1. The van der Waals surface area contributed by atoms with Crippen LogP contribution in [0.15, 0.2) is 60.0 Å². The summed E-state index contributed by atoms with van der Waals surface area (Å²) in [6.45, 7) is 0. The number of aliphatic carboxylic acids is 1. The third kappa shape index (κ3) is 3.29. The van der Waals surface area contributed by atoms with Gasteiger partial charge in [-0.25, -0.2) is 4.79 Å². The van der Waals surface area contributed by atoms with Gasteiger partial charge in [0.1, 0.15) is 10.6 Å². The largest absolute Gasteiger partial charge is 0.481 e. The van der Waals surface area contributed by atoms with Crippen LogP contribution in [-0.2, 0) is 14.3 Å². The lowest BCUT2D eigenvalue weighted by atomic mass is 9.82. The van der Waals surface area contributed by atoms with E-state index in [4.69, 9.17) is 4.74 Å². The molecule has 2 aliphatic carbocycles. The number of methoxy groups -OCH3 is 1. The van der Waals surface area contributed by atoms with Crippen molar-refractivity contribution < 1.29 is 24.2 Å². The van der Waals surface area contributed by atoms with Crippen molar-refractivity contribution in [3.8, 4) is 11.1 Å². The maximum atomic E-state index is 13.1. The molecule has 0 spiro atoms. The molecular weight excluding hydrogens is 426 g/mol. The minimum absolute atomic E-state index is 0.0948. The second-order valence-corrected chi connectivity index (χ2v) is 9.11. The molecule has 2 bridgehead atoms. The Kier molecular flexibility index (Phi) is 5.06. The van der Waals surface area contributed by atoms with Crippen molar-refractivity contribution in [2.45, 2.75) is 6.42 Å². The van der Waals surface area contributed by atoms with Crippen molar-refractivity contribution in [2.24, 2.45) is 23.7 Å². The Morgan fingerprint density at radius 2 is 1.75 bits per heavy atom. The van der Waals surface area contributed by atoms with Gasteiger partial charge >= 0.3 is 11.9 Å². The van der Waals surface area contributed by atoms with Gasteiger partial charge in [-0.2, -0.15) is 0 Å². The highest BCUT2D eigenvalue weighted by atomic mass is 32.1. The molecule has 1 saturated carbocycles. The number of allylic oxidation sites excluding steroid dienone is 2. The lowest BCUT2D eigenvalue weighted by molar-refractivity contribution is -0.146. The van der Waals surface area contributed by atoms with E-state index in [1.165, 1.54) is 18.4 Å². The van der Waals surface area contributed by atoms with Crippen LogP contribution in [0.3, 0.4) is 0 Å². The fourth-order valence-corrected chi connectivity index (χ4v) is 6.00. The van der Waals surface area contributed by atoms with Crippen molar-refractivity contribution in [1.82, 2.24) is 0 Å². The van der Waals surface area contributed by atoms with Crippen LogP contribution in [0.2, 0.25) is 0 Å². The van der Waals surface area contributed by atoms with E-state index >= 15 is 0 Å². The second-order valence-electron chi connectivity index (χ2n) is 8.23. The van der Waals surface area contributed by atoms with E-state index in [1.807, 2.05) is 60.0 Å². The first-order chi connectivity index (χ1) is 15.5. The van der Waals surface area contributed by atoms with E-state index in [9.17, 15) is 19.5 Å². The molecule has 0 unspecified atom stereocenters. The maximum Gasteiger partial charge on any atom is 0.341 e. The minimum atomic E-state index is -0.960. The molecule has 3 aromatic rings. The van der Waals surface area contributed by atoms with Gasteiger partial charge in [-0.1, -0.05) is 48.6 Å². The second kappa shape index (κ2) is 7.91. The average molecular weight is 448 g/mol. The first-order valence-corrected chi connectivity index (χ1v) is 11.3. The third-order valence-electron chi connectivity index (χ3n) is 6.52. The topological polar surface area (TPSA) is 92.7 Å². The van der Waals surface area contributed by atoms with E-state index in [0.29, 0.717) is 17.0 Å². The van der Waals surface area contributed by atoms with E-state index in [1.54, 1.807) is 0 Å². The molecule has 2 aliphatic rings. The van der Waals surface area contributed by atoms with Crippen LogP contribution in [0, 0.1) is 23.7 Å². The number of hydrogen-bond donors (Lipinski definition) is 2. The van der Waals surface area contributed by atoms with Crippen LogP contribution in [0.4, 0.5) is 5.00 Å². The number of anilines is 1. The molecule has 6 nitrogen and oxygen atoms in total. The van der Waals surface area contributed by atoms with Gasteiger partial charge in [-0.15, -0.1) is 11.3 Å². The molecule has 1 heterocycles. The monoisotopic (exact) mass is 447 g/mol. The standard InChI is InChI=1S/C25H21NO5S/c1-31-25(30)21-18(15-7-6-13-4-2-3-5-14(13)10-15)12-32-23(21)26-22(27)19-16-8-9-17(11-16)20(19)24(28)29/h2-10,12,16-17,19-20H,11H2,1H3,(H,26,27)(H,28,29)/t16-,17-,19+,20-/m0/s1. The number of carbonyl (C=O) groups excluding carboxylic acids is 2. The zero-order valence-electron chi connectivity index (χ0n) is 17.3. The molecule has 0 radical (unpaired) electrons. The summed E-state index contributed by atoms with van der Waals surface area (Å²) in [5.41, 5.74) is 1.80. The Morgan fingerprint density at radius 3 is 2.47 bits per heavy atom. The number of amides is 1. The lowest BCUT2D eigenvalue weighted by Crippen LogP contribution is -2.36. The van der Waals surface area contributed by atoms with Crippen LogP contribution in [-0.4, -0.2) is 30.1 Å². The van der Waals surface area contributed by atoms with Gasteiger partial charge in [-0.05, 0) is 40.7 Å². The third-order valence-corrected chi connectivity index (χ3v) is 7.42. The highest BCUT2D eigenvalue weighted by Crippen LogP contribution is 2.49. The van der Waals surface area contributed by atoms with Crippen LogP contribution >= 0.6 is 11.3 Å². The van der Waals surface area contributed by atoms with E-state index in [2.05, 4.69) is 5.32 Å². The molecule has 1 aromatic heterocycles. The number of fused-ring (bicyclic) bond motifs is 3. The van der Waals surface area contributed by atoms with Crippen molar-refractivity contribution >= 4 is 45.0 Å². The van der Waals surface area contributed by atoms with Crippen molar-refractivity contribution in [3.63, 3.8) is 0 Å². The fourth-order valence-electron chi connectivity index (χ4n) is 5.04. The number of esters is 1. The molecule has 0 aliphatic heterocycles. The Morgan fingerprint density at radius 1 is 1.03 bits per heavy atom. The Labute approximate surface area is 188 Å². The summed E-state index contributed by atoms with van der Waals surface area (Å²) in [5, 5.41) is 16.8. The molecule has 2 aromatic carbocycles. The summed E-state index contributed by atoms with van der Waals surface area (Å²) in [6, 6.07) is 13.9. The lowest BCUT2D eigenvalue weighted by Gasteiger charge is -2.23. The zero-order chi connectivity index (χ0) is 22.4. The van der Waals surface area contributed by atoms with E-state index < -0.39 is 23.8 Å². The van der Waals surface area contributed by atoms with Crippen LogP contribution in [0.1, 0.15) is 16.8 Å². The molecule has 0 saturated heterocycles. The van der Waals surface area contributed by atoms with Gasteiger partial charge in [0.05, 0.1) is 18.9 Å². The number of benzene rings is 2. The molecule has 1 amide bonds. The Bertz CT molecular complexity index is 1280. The summed E-state index contributed by atoms with van der Waals surface area (Å²) in [6.07, 6.45) is 4.51. The molecule has 2 N–H and O–H groups in total. The summed E-state index contributed by atoms with van der Waals surface area (Å²) in [7, 11) is 1.30. The molecule has 5 rings (SSSR count). The normalized spacial score (nSPS) is 23.4. The predicted octanol–water partition coefficient (Wildman–Crippen LogP) is 4.82. The first-order valence-electron chi connectivity index (χ1n) is 10.4.